The summed E-state index contributed by atoms with van der Waals surface area (Å²) in [6.07, 6.45) is 14.1. The van der Waals surface area contributed by atoms with Gasteiger partial charge in [0.15, 0.2) is 0 Å². The maximum atomic E-state index is 13.9. The molecule has 4 aromatic carbocycles. The van der Waals surface area contributed by atoms with Crippen molar-refractivity contribution < 1.29 is 124 Å². The molecule has 3 aliphatic rings. The van der Waals surface area contributed by atoms with Crippen molar-refractivity contribution in [3.63, 3.8) is 0 Å². The van der Waals surface area contributed by atoms with E-state index in [1.807, 2.05) is 19.1 Å². The van der Waals surface area contributed by atoms with E-state index in [1.54, 1.807) is 24.3 Å². The minimum absolute atomic E-state index is 0. The van der Waals surface area contributed by atoms with Gasteiger partial charge in [-0.3, -0.25) is 13.2 Å². The maximum Gasteiger partial charge on any atom is 0.0511 e. The molecule has 0 unspecified atom stereocenters. The van der Waals surface area contributed by atoms with E-state index in [0.717, 1.165) is 67.8 Å². The molecule has 283 valence electrons. The third-order valence-corrected chi connectivity index (χ3v) is 11.5. The summed E-state index contributed by atoms with van der Waals surface area (Å²) in [7, 11) is 0. The summed E-state index contributed by atoms with van der Waals surface area (Å²) in [6, 6.07) is 23.3. The van der Waals surface area contributed by atoms with Gasteiger partial charge >= 0.3 is 0 Å². The third kappa shape index (κ3) is 14.0. The van der Waals surface area contributed by atoms with Crippen molar-refractivity contribution in [2.45, 2.75) is 110 Å². The molecule has 0 nitrogen and oxygen atoms in total. The Balaban J connectivity index is 0.000000278. The second kappa shape index (κ2) is 24.6. The minimum Gasteiger partial charge on any atom is -0.281 e. The molecule has 0 aliphatic heterocycles. The van der Waals surface area contributed by atoms with Gasteiger partial charge in [0, 0.05) is 127 Å². The average Bonchev–Trinajstić information content (AvgIpc) is 3.14. The minimum atomic E-state index is -0.937. The van der Waals surface area contributed by atoms with Crippen LogP contribution in [0.5, 0.6) is 0 Å². The van der Waals surface area contributed by atoms with E-state index in [2.05, 4.69) is 32.0 Å². The molecule has 3 saturated carbocycles. The predicted molar refractivity (Wildman–Crippen MR) is 192 cm³/mol. The van der Waals surface area contributed by atoms with E-state index in [-0.39, 0.29) is 116 Å². The van der Waals surface area contributed by atoms with Gasteiger partial charge in [-0.25, -0.2) is 13.2 Å². The van der Waals surface area contributed by atoms with Crippen LogP contribution < -0.4 is 0 Å². The molecule has 0 spiro atoms. The van der Waals surface area contributed by atoms with Crippen LogP contribution in [0.1, 0.15) is 119 Å². The zero-order valence-electron chi connectivity index (χ0n) is 31.7. The molecule has 0 amide bonds. The van der Waals surface area contributed by atoms with Gasteiger partial charge in [0.2, 0.25) is 0 Å². The molecule has 3 fully saturated rings. The van der Waals surface area contributed by atoms with Gasteiger partial charge in [0.25, 0.3) is 0 Å². The van der Waals surface area contributed by atoms with Crippen LogP contribution in [-0.4, -0.2) is 0 Å². The van der Waals surface area contributed by atoms with Gasteiger partial charge in [-0.05, 0) is 99.4 Å². The first-order valence-electron chi connectivity index (χ1n) is 18.7. The summed E-state index contributed by atoms with van der Waals surface area (Å²) in [5, 5.41) is 0. The predicted octanol–water partition coefficient (Wildman–Crippen LogP) is 13.7. The van der Waals surface area contributed by atoms with Gasteiger partial charge in [-0.15, -0.1) is 29.3 Å². The number of aryl methyl sites for hydroxylation is 1. The van der Waals surface area contributed by atoms with Gasteiger partial charge in [0.05, 0.1) is 5.82 Å². The molecule has 9 heteroatoms. The summed E-state index contributed by atoms with van der Waals surface area (Å²) in [5.74, 6) is -1.09. The molecular formula is C45H49F6Y3-3. The van der Waals surface area contributed by atoms with E-state index in [1.165, 1.54) is 62.8 Å². The standard InChI is InChI=1S/C19H25F2.C13H15F2.C13H9F2.3Y/c1-13-5-7-14(8-6-13)15-9-11-16(12-10-15)17-3-2-4-18(20)19(17)21;2*1-9-5-7-10(8-6-9)11-3-2-4-12(14)13(11)15;;;/h2-3,13-16H,5-12H2,1H3;2-3,9-10H,5-8H2,1H3;2-3,5-8H,1H3;;;/q3*-1;;;. The molecule has 54 heavy (non-hydrogen) atoms. The van der Waals surface area contributed by atoms with Crippen molar-refractivity contribution in [3.05, 3.63) is 130 Å². The van der Waals surface area contributed by atoms with Crippen LogP contribution in [0.2, 0.25) is 0 Å². The number of rotatable bonds is 4. The summed E-state index contributed by atoms with van der Waals surface area (Å²) < 4.78 is 79.9. The summed E-state index contributed by atoms with van der Waals surface area (Å²) in [5.41, 5.74) is 3.14. The van der Waals surface area contributed by atoms with Crippen molar-refractivity contribution in [2.75, 3.05) is 0 Å². The van der Waals surface area contributed by atoms with E-state index in [0.29, 0.717) is 16.7 Å². The largest absolute Gasteiger partial charge is 0.281 e. The average molecular weight is 971 g/mol. The number of hydrogen-bond donors (Lipinski definition) is 0. The summed E-state index contributed by atoms with van der Waals surface area (Å²) in [4.78, 5) is 0. The van der Waals surface area contributed by atoms with Crippen LogP contribution in [0.25, 0.3) is 11.1 Å². The van der Waals surface area contributed by atoms with Crippen LogP contribution in [0.4, 0.5) is 26.3 Å². The van der Waals surface area contributed by atoms with Crippen LogP contribution in [0, 0.1) is 83.7 Å². The third-order valence-electron chi connectivity index (χ3n) is 11.5. The maximum absolute atomic E-state index is 13.9. The number of hydrogen-bond acceptors (Lipinski definition) is 0. The fourth-order valence-corrected chi connectivity index (χ4v) is 8.21. The molecule has 0 saturated heterocycles. The Labute approximate surface area is 394 Å². The van der Waals surface area contributed by atoms with Crippen LogP contribution >= 0.6 is 0 Å². The normalized spacial score (nSPS) is 23.4. The molecule has 7 rings (SSSR count). The van der Waals surface area contributed by atoms with E-state index in [4.69, 9.17) is 0 Å². The first-order valence-corrected chi connectivity index (χ1v) is 18.7. The Morgan fingerprint density at radius 1 is 0.444 bits per heavy atom. The second-order valence-corrected chi connectivity index (χ2v) is 15.1. The Bertz CT molecular complexity index is 1690. The molecule has 0 heterocycles. The molecular weight excluding hydrogens is 921 g/mol. The smallest absolute Gasteiger partial charge is 0.0511 e. The van der Waals surface area contributed by atoms with Crippen molar-refractivity contribution in [1.29, 1.82) is 0 Å². The van der Waals surface area contributed by atoms with Crippen molar-refractivity contribution in [1.82, 2.24) is 0 Å². The van der Waals surface area contributed by atoms with Crippen LogP contribution in [-0.2, 0) is 98.1 Å². The molecule has 0 atom stereocenters. The molecule has 3 radical (unpaired) electrons. The van der Waals surface area contributed by atoms with E-state index < -0.39 is 34.9 Å². The first kappa shape index (κ1) is 49.9. The Kier molecular flexibility index (Phi) is 22.8. The second-order valence-electron chi connectivity index (χ2n) is 15.1. The Hall–Kier alpha value is -0.228. The topological polar surface area (TPSA) is 0 Å². The van der Waals surface area contributed by atoms with Crippen molar-refractivity contribution in [2.24, 2.45) is 23.7 Å². The fraction of sp³-hybridized carbons (Fsp3) is 0.467. The number of benzene rings is 4. The molecule has 0 bridgehead atoms. The molecule has 3 aliphatic carbocycles. The first-order chi connectivity index (χ1) is 24.5. The Morgan fingerprint density at radius 2 is 0.796 bits per heavy atom. The zero-order chi connectivity index (χ0) is 36.5. The van der Waals surface area contributed by atoms with Gasteiger partial charge in [-0.1, -0.05) is 74.9 Å². The Morgan fingerprint density at radius 3 is 1.24 bits per heavy atom. The van der Waals surface area contributed by atoms with Crippen molar-refractivity contribution >= 4 is 0 Å². The molecule has 0 N–H and O–H groups in total. The van der Waals surface area contributed by atoms with Crippen LogP contribution in [0.3, 0.4) is 0 Å². The number of halogens is 6. The van der Waals surface area contributed by atoms with E-state index >= 15 is 0 Å². The summed E-state index contributed by atoms with van der Waals surface area (Å²) in [6.45, 7) is 6.52. The van der Waals surface area contributed by atoms with Gasteiger partial charge in [-0.2, -0.15) is 36.4 Å². The van der Waals surface area contributed by atoms with Crippen molar-refractivity contribution in [3.8, 4) is 11.1 Å². The molecule has 4 aromatic rings. The monoisotopic (exact) mass is 970 g/mol. The molecule has 0 aromatic heterocycles. The van der Waals surface area contributed by atoms with Gasteiger partial charge in [0.1, 0.15) is 0 Å². The van der Waals surface area contributed by atoms with Crippen LogP contribution in [0.15, 0.2) is 60.7 Å². The SMILES string of the molecule is CC1CCC(C2CCC(c3cc[c-]c(F)c3F)CC2)CC1.CC1CCC(c2cc[c-]c(F)c2F)CC1.Cc1ccc(-c2cc[c-]c(F)c2F)cc1.[Y].[Y].[Y]. The van der Waals surface area contributed by atoms with E-state index in [9.17, 15) is 26.3 Å². The zero-order valence-corrected chi connectivity index (χ0v) is 40.2. The quantitative estimate of drug-likeness (QED) is 0.141. The summed E-state index contributed by atoms with van der Waals surface area (Å²) >= 11 is 0. The van der Waals surface area contributed by atoms with Gasteiger partial charge < -0.3 is 0 Å². The fourth-order valence-electron chi connectivity index (χ4n) is 8.21.